The van der Waals surface area contributed by atoms with Crippen LogP contribution < -0.4 is 10.6 Å². The van der Waals surface area contributed by atoms with Gasteiger partial charge in [0.05, 0.1) is 5.69 Å². The lowest BCUT2D eigenvalue weighted by molar-refractivity contribution is 0.589. The Hall–Kier alpha value is -2.01. The van der Waals surface area contributed by atoms with E-state index in [1.54, 1.807) is 6.92 Å². The van der Waals surface area contributed by atoms with Crippen molar-refractivity contribution in [2.24, 2.45) is 5.73 Å². The molecule has 0 fully saturated rings. The third kappa shape index (κ3) is 3.26. The third-order valence-electron chi connectivity index (χ3n) is 2.86. The van der Waals surface area contributed by atoms with Gasteiger partial charge in [-0.15, -0.1) is 0 Å². The quantitative estimate of drug-likeness (QED) is 0.892. The van der Waals surface area contributed by atoms with Gasteiger partial charge in [-0.05, 0) is 12.5 Å². The number of halogens is 1. The van der Waals surface area contributed by atoms with E-state index in [1.807, 2.05) is 35.2 Å². The average molecular weight is 260 g/mol. The van der Waals surface area contributed by atoms with Crippen LogP contribution >= 0.6 is 0 Å². The Balaban J connectivity index is 2.27. The van der Waals surface area contributed by atoms with Crippen molar-refractivity contribution in [2.75, 3.05) is 18.0 Å². The first kappa shape index (κ1) is 13.4. The molecule has 19 heavy (non-hydrogen) atoms. The number of nitrogens with zero attached hydrogens (tertiary/aromatic N) is 3. The van der Waals surface area contributed by atoms with Gasteiger partial charge < -0.3 is 10.6 Å². The highest BCUT2D eigenvalue weighted by Gasteiger charge is 2.15. The Morgan fingerprint density at radius 2 is 1.95 bits per heavy atom. The van der Waals surface area contributed by atoms with Gasteiger partial charge in [0.1, 0.15) is 6.33 Å². The molecular weight excluding hydrogens is 243 g/mol. The molecular formula is C14H17FN4. The second-order valence-corrected chi connectivity index (χ2v) is 4.29. The highest BCUT2D eigenvalue weighted by Crippen LogP contribution is 2.19. The summed E-state index contributed by atoms with van der Waals surface area (Å²) in [5, 5.41) is 0. The summed E-state index contributed by atoms with van der Waals surface area (Å²) >= 11 is 0. The van der Waals surface area contributed by atoms with Crippen molar-refractivity contribution in [3.8, 4) is 0 Å². The maximum atomic E-state index is 14.1. The van der Waals surface area contributed by atoms with Gasteiger partial charge in [0.2, 0.25) is 0 Å². The molecule has 0 aliphatic rings. The molecule has 5 heteroatoms. The predicted octanol–water partition coefficient (Wildman–Crippen LogP) is 1.89. The van der Waals surface area contributed by atoms with Crippen LogP contribution in [0.4, 0.5) is 10.2 Å². The molecule has 2 aromatic rings. The van der Waals surface area contributed by atoms with Gasteiger partial charge in [0.15, 0.2) is 11.6 Å². The van der Waals surface area contributed by atoms with Crippen molar-refractivity contribution < 1.29 is 4.39 Å². The molecule has 1 aromatic heterocycles. The Labute approximate surface area is 112 Å². The van der Waals surface area contributed by atoms with Crippen LogP contribution in [0.3, 0.4) is 0 Å². The summed E-state index contributed by atoms with van der Waals surface area (Å²) in [7, 11) is 0. The second kappa shape index (κ2) is 6.24. The molecule has 0 saturated carbocycles. The largest absolute Gasteiger partial charge is 0.348 e. The van der Waals surface area contributed by atoms with Crippen LogP contribution in [-0.4, -0.2) is 23.1 Å². The van der Waals surface area contributed by atoms with Gasteiger partial charge in [0, 0.05) is 19.6 Å². The summed E-state index contributed by atoms with van der Waals surface area (Å²) < 4.78 is 14.1. The van der Waals surface area contributed by atoms with Crippen LogP contribution in [0.2, 0.25) is 0 Å². The predicted molar refractivity (Wildman–Crippen MR) is 73.3 cm³/mol. The van der Waals surface area contributed by atoms with Gasteiger partial charge in [-0.25, -0.2) is 14.4 Å². The van der Waals surface area contributed by atoms with E-state index in [0.29, 0.717) is 31.1 Å². The van der Waals surface area contributed by atoms with E-state index in [1.165, 1.54) is 6.33 Å². The van der Waals surface area contributed by atoms with Crippen molar-refractivity contribution in [1.82, 2.24) is 9.97 Å². The smallest absolute Gasteiger partial charge is 0.186 e. The van der Waals surface area contributed by atoms with E-state index in [0.717, 1.165) is 5.56 Å². The highest BCUT2D eigenvalue weighted by atomic mass is 19.1. The molecule has 4 nitrogen and oxygen atoms in total. The Morgan fingerprint density at radius 3 is 2.63 bits per heavy atom. The zero-order chi connectivity index (χ0) is 13.7. The number of benzene rings is 1. The monoisotopic (exact) mass is 260 g/mol. The zero-order valence-electron chi connectivity index (χ0n) is 10.9. The molecule has 0 unspecified atom stereocenters. The van der Waals surface area contributed by atoms with Gasteiger partial charge in [-0.2, -0.15) is 0 Å². The van der Waals surface area contributed by atoms with Gasteiger partial charge >= 0.3 is 0 Å². The number of nitrogens with two attached hydrogens (primary N) is 1. The van der Waals surface area contributed by atoms with Crippen molar-refractivity contribution in [2.45, 2.75) is 13.5 Å². The van der Waals surface area contributed by atoms with Crippen LogP contribution in [0.5, 0.6) is 0 Å². The molecule has 2 N–H and O–H groups in total. The normalized spacial score (nSPS) is 10.5. The topological polar surface area (TPSA) is 55.0 Å². The van der Waals surface area contributed by atoms with Crippen molar-refractivity contribution >= 4 is 5.82 Å². The van der Waals surface area contributed by atoms with Crippen molar-refractivity contribution in [1.29, 1.82) is 0 Å². The fourth-order valence-electron chi connectivity index (χ4n) is 1.89. The summed E-state index contributed by atoms with van der Waals surface area (Å²) in [5.74, 6) is -0.0753. The van der Waals surface area contributed by atoms with E-state index in [-0.39, 0.29) is 5.82 Å². The fourth-order valence-corrected chi connectivity index (χ4v) is 1.89. The van der Waals surface area contributed by atoms with E-state index >= 15 is 0 Å². The average Bonchev–Trinajstić information content (AvgIpc) is 2.43. The van der Waals surface area contributed by atoms with Gasteiger partial charge in [0.25, 0.3) is 0 Å². The van der Waals surface area contributed by atoms with Crippen LogP contribution in [0, 0.1) is 12.7 Å². The van der Waals surface area contributed by atoms with E-state index in [2.05, 4.69) is 9.97 Å². The summed E-state index contributed by atoms with van der Waals surface area (Å²) in [4.78, 5) is 9.72. The zero-order valence-corrected chi connectivity index (χ0v) is 10.9. The molecule has 0 saturated heterocycles. The summed E-state index contributed by atoms with van der Waals surface area (Å²) in [6, 6.07) is 9.85. The molecule has 0 aliphatic heterocycles. The number of hydrogen-bond acceptors (Lipinski definition) is 4. The molecule has 1 aromatic carbocycles. The molecule has 0 aliphatic carbocycles. The number of hydrogen-bond donors (Lipinski definition) is 1. The number of aromatic nitrogens is 2. The lowest BCUT2D eigenvalue weighted by Crippen LogP contribution is -2.30. The van der Waals surface area contributed by atoms with E-state index < -0.39 is 0 Å². The van der Waals surface area contributed by atoms with Gasteiger partial charge in [-0.1, -0.05) is 30.3 Å². The number of anilines is 1. The molecule has 0 amide bonds. The molecule has 0 spiro atoms. The SMILES string of the molecule is Cc1ncnc(N(CCN)Cc2ccccc2)c1F. The highest BCUT2D eigenvalue weighted by molar-refractivity contribution is 5.41. The van der Waals surface area contributed by atoms with Crippen molar-refractivity contribution in [3.63, 3.8) is 0 Å². The standard InChI is InChI=1S/C14H17FN4/c1-11-13(15)14(18-10-17-11)19(8-7-16)9-12-5-3-2-4-6-12/h2-6,10H,7-9,16H2,1H3. The first-order valence-corrected chi connectivity index (χ1v) is 6.18. The van der Waals surface area contributed by atoms with Crippen LogP contribution in [-0.2, 0) is 6.54 Å². The molecule has 100 valence electrons. The summed E-state index contributed by atoms with van der Waals surface area (Å²) in [6.07, 6.45) is 1.38. The number of aryl methyl sites for hydroxylation is 1. The Morgan fingerprint density at radius 1 is 1.21 bits per heavy atom. The molecule has 0 bridgehead atoms. The molecule has 2 rings (SSSR count). The first-order chi connectivity index (χ1) is 9.22. The van der Waals surface area contributed by atoms with Crippen LogP contribution in [0.15, 0.2) is 36.7 Å². The first-order valence-electron chi connectivity index (χ1n) is 6.18. The summed E-state index contributed by atoms with van der Waals surface area (Å²) in [5.41, 5.74) is 7.04. The van der Waals surface area contributed by atoms with E-state index in [4.69, 9.17) is 5.73 Å². The molecule has 0 radical (unpaired) electrons. The maximum Gasteiger partial charge on any atom is 0.186 e. The molecule has 1 heterocycles. The van der Waals surface area contributed by atoms with Gasteiger partial charge in [-0.3, -0.25) is 0 Å². The van der Waals surface area contributed by atoms with E-state index in [9.17, 15) is 4.39 Å². The third-order valence-corrected chi connectivity index (χ3v) is 2.86. The minimum atomic E-state index is -0.383. The second-order valence-electron chi connectivity index (χ2n) is 4.29. The Kier molecular flexibility index (Phi) is 4.41. The number of rotatable bonds is 5. The fraction of sp³-hybridized carbons (Fsp3) is 0.286. The molecule has 0 atom stereocenters. The van der Waals surface area contributed by atoms with Crippen molar-refractivity contribution in [3.05, 3.63) is 53.7 Å². The lowest BCUT2D eigenvalue weighted by atomic mass is 10.2. The summed E-state index contributed by atoms with van der Waals surface area (Å²) in [6.45, 7) is 3.19. The van der Waals surface area contributed by atoms with Crippen LogP contribution in [0.25, 0.3) is 0 Å². The lowest BCUT2D eigenvalue weighted by Gasteiger charge is -2.23. The minimum Gasteiger partial charge on any atom is -0.348 e. The van der Waals surface area contributed by atoms with Crippen LogP contribution in [0.1, 0.15) is 11.3 Å². The minimum absolute atomic E-state index is 0.307. The Bertz CT molecular complexity index is 530. The maximum absolute atomic E-state index is 14.1.